The third kappa shape index (κ3) is 2.94. The van der Waals surface area contributed by atoms with Crippen LogP contribution in [0.3, 0.4) is 0 Å². The molecule has 4 nitrogen and oxygen atoms in total. The smallest absolute Gasteiger partial charge is 0.133 e. The van der Waals surface area contributed by atoms with Gasteiger partial charge in [-0.15, -0.1) is 0 Å². The summed E-state index contributed by atoms with van der Waals surface area (Å²) in [6, 6.07) is 0.342. The molecule has 2 rings (SSSR count). The molecule has 0 radical (unpaired) electrons. The van der Waals surface area contributed by atoms with Gasteiger partial charge in [-0.25, -0.2) is 9.97 Å². The average molecular weight is 234 g/mol. The molecular weight excluding hydrogens is 212 g/mol. The molecule has 0 bridgehead atoms. The molecule has 17 heavy (non-hydrogen) atoms. The number of nitrogens with zero attached hydrogens (tertiary/aromatic N) is 2. The van der Waals surface area contributed by atoms with E-state index in [1.807, 2.05) is 0 Å². The standard InChI is InChI=1S/C13H22N4/c1-2-3-5-10(8-14)17-13-11-6-4-7-12(11)15-9-16-13/h9-10H,2-8,14H2,1H3,(H,15,16,17). The lowest BCUT2D eigenvalue weighted by molar-refractivity contribution is 0.611. The molecule has 1 unspecified atom stereocenters. The van der Waals surface area contributed by atoms with Crippen LogP contribution >= 0.6 is 0 Å². The summed E-state index contributed by atoms with van der Waals surface area (Å²) in [4.78, 5) is 8.70. The van der Waals surface area contributed by atoms with Gasteiger partial charge < -0.3 is 11.1 Å². The zero-order chi connectivity index (χ0) is 12.1. The fourth-order valence-electron chi connectivity index (χ4n) is 2.38. The van der Waals surface area contributed by atoms with E-state index in [0.29, 0.717) is 12.6 Å². The Balaban J connectivity index is 2.04. The number of anilines is 1. The SMILES string of the molecule is CCCCC(CN)Nc1ncnc2c1CCC2. The maximum atomic E-state index is 5.80. The van der Waals surface area contributed by atoms with Gasteiger partial charge in [-0.1, -0.05) is 19.8 Å². The first-order chi connectivity index (χ1) is 8.35. The molecule has 0 aliphatic heterocycles. The Morgan fingerprint density at radius 2 is 2.29 bits per heavy atom. The minimum Gasteiger partial charge on any atom is -0.366 e. The third-order valence-corrected chi connectivity index (χ3v) is 3.41. The molecule has 3 N–H and O–H groups in total. The Morgan fingerprint density at radius 1 is 1.41 bits per heavy atom. The van der Waals surface area contributed by atoms with E-state index in [4.69, 9.17) is 5.73 Å². The molecule has 1 aliphatic rings. The van der Waals surface area contributed by atoms with Crippen LogP contribution in [0.4, 0.5) is 5.82 Å². The summed E-state index contributed by atoms with van der Waals surface area (Å²) < 4.78 is 0. The summed E-state index contributed by atoms with van der Waals surface area (Å²) in [6.07, 6.45) is 8.59. The van der Waals surface area contributed by atoms with Crippen molar-refractivity contribution >= 4 is 5.82 Å². The first-order valence-corrected chi connectivity index (χ1v) is 6.64. The van der Waals surface area contributed by atoms with Gasteiger partial charge in [0.2, 0.25) is 0 Å². The molecule has 4 heteroatoms. The second kappa shape index (κ2) is 5.96. The highest BCUT2D eigenvalue weighted by Crippen LogP contribution is 2.25. The predicted octanol–water partition coefficient (Wildman–Crippen LogP) is 1.89. The monoisotopic (exact) mass is 234 g/mol. The molecule has 1 aromatic rings. The predicted molar refractivity (Wildman–Crippen MR) is 70.0 cm³/mol. The van der Waals surface area contributed by atoms with Gasteiger partial charge in [-0.3, -0.25) is 0 Å². The number of hydrogen-bond donors (Lipinski definition) is 2. The van der Waals surface area contributed by atoms with E-state index in [-0.39, 0.29) is 0 Å². The van der Waals surface area contributed by atoms with Crippen LogP contribution in [0.1, 0.15) is 43.9 Å². The number of aromatic nitrogens is 2. The molecule has 0 fully saturated rings. The topological polar surface area (TPSA) is 63.8 Å². The lowest BCUT2D eigenvalue weighted by Crippen LogP contribution is -2.29. The molecule has 0 aromatic carbocycles. The zero-order valence-electron chi connectivity index (χ0n) is 10.6. The van der Waals surface area contributed by atoms with Crippen molar-refractivity contribution in [3.63, 3.8) is 0 Å². The van der Waals surface area contributed by atoms with Gasteiger partial charge in [-0.05, 0) is 25.7 Å². The van der Waals surface area contributed by atoms with Crippen LogP contribution in [0.2, 0.25) is 0 Å². The minimum atomic E-state index is 0.342. The second-order valence-corrected chi connectivity index (χ2v) is 4.72. The summed E-state index contributed by atoms with van der Waals surface area (Å²) in [5.41, 5.74) is 8.32. The van der Waals surface area contributed by atoms with Gasteiger partial charge in [0.25, 0.3) is 0 Å². The third-order valence-electron chi connectivity index (χ3n) is 3.41. The second-order valence-electron chi connectivity index (χ2n) is 4.72. The van der Waals surface area contributed by atoms with Gasteiger partial charge in [-0.2, -0.15) is 0 Å². The zero-order valence-corrected chi connectivity index (χ0v) is 10.6. The quantitative estimate of drug-likeness (QED) is 0.789. The lowest BCUT2D eigenvalue weighted by atomic mass is 10.1. The van der Waals surface area contributed by atoms with Gasteiger partial charge >= 0.3 is 0 Å². The van der Waals surface area contributed by atoms with Crippen molar-refractivity contribution in [2.75, 3.05) is 11.9 Å². The van der Waals surface area contributed by atoms with Crippen molar-refractivity contribution in [1.29, 1.82) is 0 Å². The number of fused-ring (bicyclic) bond motifs is 1. The van der Waals surface area contributed by atoms with Crippen molar-refractivity contribution < 1.29 is 0 Å². The molecule has 0 spiro atoms. The van der Waals surface area contributed by atoms with Crippen LogP contribution in [0.5, 0.6) is 0 Å². The molecule has 1 aromatic heterocycles. The highest BCUT2D eigenvalue weighted by molar-refractivity contribution is 5.48. The Morgan fingerprint density at radius 3 is 3.06 bits per heavy atom. The Kier molecular flexibility index (Phi) is 4.31. The largest absolute Gasteiger partial charge is 0.366 e. The van der Waals surface area contributed by atoms with Crippen LogP contribution in [0.15, 0.2) is 6.33 Å². The van der Waals surface area contributed by atoms with Gasteiger partial charge in [0.1, 0.15) is 12.1 Å². The van der Waals surface area contributed by atoms with Crippen molar-refractivity contribution in [3.8, 4) is 0 Å². The van der Waals surface area contributed by atoms with E-state index in [1.165, 1.54) is 30.5 Å². The Bertz CT molecular complexity index is 364. The number of nitrogens with two attached hydrogens (primary N) is 1. The molecule has 0 saturated carbocycles. The average Bonchev–Trinajstić information content (AvgIpc) is 2.83. The number of unbranched alkanes of at least 4 members (excludes halogenated alkanes) is 1. The number of rotatable bonds is 6. The first kappa shape index (κ1) is 12.3. The maximum Gasteiger partial charge on any atom is 0.133 e. The lowest BCUT2D eigenvalue weighted by Gasteiger charge is -2.18. The van der Waals surface area contributed by atoms with E-state index in [1.54, 1.807) is 6.33 Å². The molecule has 1 aliphatic carbocycles. The molecule has 0 saturated heterocycles. The van der Waals surface area contributed by atoms with E-state index in [2.05, 4.69) is 22.2 Å². The van der Waals surface area contributed by atoms with Crippen LogP contribution in [0, 0.1) is 0 Å². The number of aryl methyl sites for hydroxylation is 1. The van der Waals surface area contributed by atoms with Crippen LogP contribution in [-0.2, 0) is 12.8 Å². The van der Waals surface area contributed by atoms with E-state index >= 15 is 0 Å². The maximum absolute atomic E-state index is 5.80. The normalized spacial score (nSPS) is 15.6. The number of hydrogen-bond acceptors (Lipinski definition) is 4. The highest BCUT2D eigenvalue weighted by atomic mass is 15.1. The van der Waals surface area contributed by atoms with Gasteiger partial charge in [0, 0.05) is 23.8 Å². The van der Waals surface area contributed by atoms with Gasteiger partial charge in [0.15, 0.2) is 0 Å². The minimum absolute atomic E-state index is 0.342. The molecule has 94 valence electrons. The van der Waals surface area contributed by atoms with E-state index in [0.717, 1.165) is 25.1 Å². The summed E-state index contributed by atoms with van der Waals surface area (Å²) >= 11 is 0. The van der Waals surface area contributed by atoms with Crippen LogP contribution < -0.4 is 11.1 Å². The first-order valence-electron chi connectivity index (χ1n) is 6.64. The van der Waals surface area contributed by atoms with Crippen molar-refractivity contribution in [1.82, 2.24) is 9.97 Å². The summed E-state index contributed by atoms with van der Waals surface area (Å²) in [7, 11) is 0. The molecule has 0 amide bonds. The summed E-state index contributed by atoms with van der Waals surface area (Å²) in [6.45, 7) is 2.87. The van der Waals surface area contributed by atoms with Crippen molar-refractivity contribution in [3.05, 3.63) is 17.6 Å². The fraction of sp³-hybridized carbons (Fsp3) is 0.692. The highest BCUT2D eigenvalue weighted by Gasteiger charge is 2.18. The molecular formula is C13H22N4. The van der Waals surface area contributed by atoms with E-state index in [9.17, 15) is 0 Å². The van der Waals surface area contributed by atoms with Crippen molar-refractivity contribution in [2.24, 2.45) is 5.73 Å². The molecule has 1 heterocycles. The Hall–Kier alpha value is -1.16. The number of nitrogens with one attached hydrogen (secondary N) is 1. The van der Waals surface area contributed by atoms with Crippen LogP contribution in [-0.4, -0.2) is 22.6 Å². The van der Waals surface area contributed by atoms with Crippen LogP contribution in [0.25, 0.3) is 0 Å². The van der Waals surface area contributed by atoms with Gasteiger partial charge in [0.05, 0.1) is 0 Å². The summed E-state index contributed by atoms with van der Waals surface area (Å²) in [5, 5.41) is 3.49. The van der Waals surface area contributed by atoms with Crippen molar-refractivity contribution in [2.45, 2.75) is 51.5 Å². The van der Waals surface area contributed by atoms with E-state index < -0.39 is 0 Å². The molecule has 1 atom stereocenters. The fourth-order valence-corrected chi connectivity index (χ4v) is 2.38. The summed E-state index contributed by atoms with van der Waals surface area (Å²) in [5.74, 6) is 1.01. The Labute approximate surface area is 103 Å².